The van der Waals surface area contributed by atoms with Gasteiger partial charge < -0.3 is 10.1 Å². The predicted octanol–water partition coefficient (Wildman–Crippen LogP) is 3.70. The number of nitrogens with one attached hydrogen (secondary N) is 1. The van der Waals surface area contributed by atoms with Gasteiger partial charge in [-0.1, -0.05) is 35.9 Å². The predicted molar refractivity (Wildman–Crippen MR) is 126 cm³/mol. The van der Waals surface area contributed by atoms with Gasteiger partial charge in [0.15, 0.2) is 0 Å². The third-order valence-corrected chi connectivity index (χ3v) is 7.83. The summed E-state index contributed by atoms with van der Waals surface area (Å²) in [5.41, 5.74) is 1.82. The number of nitrogens with zero attached hydrogens (tertiary/aromatic N) is 1. The number of hydrogen-bond donors (Lipinski definition) is 1. The summed E-state index contributed by atoms with van der Waals surface area (Å²) in [5.74, 6) is -0.513. The van der Waals surface area contributed by atoms with E-state index >= 15 is 0 Å². The summed E-state index contributed by atoms with van der Waals surface area (Å²) in [5, 5.41) is 3.28. The van der Waals surface area contributed by atoms with Crippen molar-refractivity contribution in [2.75, 3.05) is 13.7 Å². The molecule has 0 spiro atoms. The van der Waals surface area contributed by atoms with Gasteiger partial charge >= 0.3 is 5.97 Å². The summed E-state index contributed by atoms with van der Waals surface area (Å²) < 4.78 is 33.1. The Hall–Kier alpha value is -2.42. The van der Waals surface area contributed by atoms with E-state index in [4.69, 9.17) is 11.6 Å². The standard InChI is InChI=1S/C24H29ClN2O5S/c1-32-23(28)7-4-5-18-8-10-19(11-9-18)17-27(22-6-2-3-16-26-24(22)29)33(30,31)21-14-12-20(25)13-15-21/h8-15,22H,2-7,16-17H2,1H3,(H,26,29)/t22-/m1/s1. The fourth-order valence-electron chi connectivity index (χ4n) is 3.83. The first-order chi connectivity index (χ1) is 15.8. The molecule has 33 heavy (non-hydrogen) atoms. The number of rotatable bonds is 9. The van der Waals surface area contributed by atoms with Gasteiger partial charge in [-0.25, -0.2) is 8.42 Å². The number of amides is 1. The molecule has 9 heteroatoms. The topological polar surface area (TPSA) is 92.8 Å². The van der Waals surface area contributed by atoms with Crippen LogP contribution in [0.25, 0.3) is 0 Å². The highest BCUT2D eigenvalue weighted by atomic mass is 35.5. The lowest BCUT2D eigenvalue weighted by Gasteiger charge is -2.29. The Morgan fingerprint density at radius 1 is 1.09 bits per heavy atom. The van der Waals surface area contributed by atoms with Crippen LogP contribution in [0.15, 0.2) is 53.4 Å². The molecule has 2 aromatic carbocycles. The first kappa shape index (κ1) is 25.2. The van der Waals surface area contributed by atoms with Gasteiger partial charge in [-0.15, -0.1) is 0 Å². The molecule has 3 rings (SSSR count). The minimum Gasteiger partial charge on any atom is -0.469 e. The molecule has 1 atom stereocenters. The van der Waals surface area contributed by atoms with Crippen molar-refractivity contribution in [1.82, 2.24) is 9.62 Å². The fourth-order valence-corrected chi connectivity index (χ4v) is 5.56. The molecule has 1 aliphatic rings. The molecule has 7 nitrogen and oxygen atoms in total. The third-order valence-electron chi connectivity index (χ3n) is 5.71. The zero-order valence-corrected chi connectivity index (χ0v) is 20.2. The maximum Gasteiger partial charge on any atom is 0.305 e. The number of halogens is 1. The fraction of sp³-hybridized carbons (Fsp3) is 0.417. The van der Waals surface area contributed by atoms with Crippen molar-refractivity contribution in [1.29, 1.82) is 0 Å². The van der Waals surface area contributed by atoms with Crippen molar-refractivity contribution in [3.63, 3.8) is 0 Å². The van der Waals surface area contributed by atoms with Crippen molar-refractivity contribution >= 4 is 33.5 Å². The highest BCUT2D eigenvalue weighted by Gasteiger charge is 2.36. The number of carbonyl (C=O) groups is 2. The van der Waals surface area contributed by atoms with Crippen LogP contribution < -0.4 is 5.32 Å². The summed E-state index contributed by atoms with van der Waals surface area (Å²) in [6, 6.07) is 12.8. The van der Waals surface area contributed by atoms with Crippen molar-refractivity contribution in [3.05, 3.63) is 64.7 Å². The second kappa shape index (κ2) is 11.6. The smallest absolute Gasteiger partial charge is 0.305 e. The van der Waals surface area contributed by atoms with E-state index < -0.39 is 16.1 Å². The lowest BCUT2D eigenvalue weighted by atomic mass is 10.1. The Morgan fingerprint density at radius 3 is 2.42 bits per heavy atom. The second-order valence-corrected chi connectivity index (χ2v) is 10.4. The van der Waals surface area contributed by atoms with Crippen LogP contribution in [-0.4, -0.2) is 44.3 Å². The van der Waals surface area contributed by atoms with E-state index in [1.54, 1.807) is 0 Å². The van der Waals surface area contributed by atoms with Gasteiger partial charge in [0.25, 0.3) is 0 Å². The van der Waals surface area contributed by atoms with Crippen molar-refractivity contribution in [2.45, 2.75) is 56.0 Å². The normalized spacial score (nSPS) is 16.8. The number of esters is 1. The summed E-state index contributed by atoms with van der Waals surface area (Å²) in [6.45, 7) is 0.621. The highest BCUT2D eigenvalue weighted by molar-refractivity contribution is 7.89. The van der Waals surface area contributed by atoms with Crippen LogP contribution in [0.1, 0.15) is 43.2 Å². The second-order valence-electron chi connectivity index (χ2n) is 8.05. The van der Waals surface area contributed by atoms with Crippen LogP contribution in [0, 0.1) is 0 Å². The third kappa shape index (κ3) is 6.79. The zero-order chi connectivity index (χ0) is 23.8. The Kier molecular flexibility index (Phi) is 8.88. The lowest BCUT2D eigenvalue weighted by Crippen LogP contribution is -2.48. The molecule has 0 aliphatic carbocycles. The Morgan fingerprint density at radius 2 is 1.76 bits per heavy atom. The molecule has 0 aromatic heterocycles. The number of benzene rings is 2. The summed E-state index contributed by atoms with van der Waals surface area (Å²) in [4.78, 5) is 24.1. The van der Waals surface area contributed by atoms with Gasteiger partial charge in [-0.3, -0.25) is 9.59 Å². The monoisotopic (exact) mass is 492 g/mol. The maximum absolute atomic E-state index is 13.6. The summed E-state index contributed by atoms with van der Waals surface area (Å²) in [7, 11) is -2.57. The van der Waals surface area contributed by atoms with Gasteiger partial charge in [0.05, 0.1) is 12.0 Å². The number of hydrogen-bond acceptors (Lipinski definition) is 5. The minimum absolute atomic E-state index is 0.0749. The minimum atomic E-state index is -3.94. The molecule has 2 aromatic rings. The number of methoxy groups -OCH3 is 1. The number of carbonyl (C=O) groups excluding carboxylic acids is 2. The molecular weight excluding hydrogens is 464 g/mol. The molecule has 0 unspecified atom stereocenters. The van der Waals surface area contributed by atoms with E-state index in [0.29, 0.717) is 37.3 Å². The molecule has 0 radical (unpaired) electrons. The molecule has 1 N–H and O–H groups in total. The molecule has 1 amide bonds. The number of aryl methyl sites for hydroxylation is 1. The molecule has 0 saturated carbocycles. The van der Waals surface area contributed by atoms with Gasteiger partial charge in [-0.2, -0.15) is 4.31 Å². The van der Waals surface area contributed by atoms with E-state index in [1.807, 2.05) is 24.3 Å². The van der Waals surface area contributed by atoms with Crippen LogP contribution in [0.3, 0.4) is 0 Å². The molecule has 1 saturated heterocycles. The average molecular weight is 493 g/mol. The van der Waals surface area contributed by atoms with E-state index in [0.717, 1.165) is 24.0 Å². The zero-order valence-electron chi connectivity index (χ0n) is 18.6. The van der Waals surface area contributed by atoms with Crippen molar-refractivity contribution < 1.29 is 22.7 Å². The van der Waals surface area contributed by atoms with E-state index in [-0.39, 0.29) is 23.3 Å². The Bertz CT molecular complexity index is 1060. The quantitative estimate of drug-likeness (QED) is 0.539. The van der Waals surface area contributed by atoms with E-state index in [9.17, 15) is 18.0 Å². The van der Waals surface area contributed by atoms with E-state index in [1.165, 1.54) is 35.7 Å². The first-order valence-corrected chi connectivity index (χ1v) is 12.8. The average Bonchev–Trinajstić information content (AvgIpc) is 3.02. The van der Waals surface area contributed by atoms with Gasteiger partial charge in [0.1, 0.15) is 6.04 Å². The molecule has 178 valence electrons. The van der Waals surface area contributed by atoms with Crippen molar-refractivity contribution in [3.8, 4) is 0 Å². The molecule has 1 aliphatic heterocycles. The van der Waals surface area contributed by atoms with Crippen LogP contribution in [0.5, 0.6) is 0 Å². The molecule has 1 heterocycles. The van der Waals surface area contributed by atoms with Crippen LogP contribution >= 0.6 is 11.6 Å². The van der Waals surface area contributed by atoms with Gasteiger partial charge in [0, 0.05) is 24.5 Å². The molecule has 0 bridgehead atoms. The lowest BCUT2D eigenvalue weighted by molar-refractivity contribution is -0.140. The van der Waals surface area contributed by atoms with Gasteiger partial charge in [-0.05, 0) is 67.5 Å². The number of sulfonamides is 1. The largest absolute Gasteiger partial charge is 0.469 e. The van der Waals surface area contributed by atoms with E-state index in [2.05, 4.69) is 10.1 Å². The summed E-state index contributed by atoms with van der Waals surface area (Å²) in [6.07, 6.45) is 3.78. The molecule has 1 fully saturated rings. The number of ether oxygens (including phenoxy) is 1. The van der Waals surface area contributed by atoms with Gasteiger partial charge in [0.2, 0.25) is 15.9 Å². The van der Waals surface area contributed by atoms with Crippen LogP contribution in [0.2, 0.25) is 5.02 Å². The van der Waals surface area contributed by atoms with Crippen LogP contribution in [0.4, 0.5) is 0 Å². The SMILES string of the molecule is COC(=O)CCCc1ccc(CN([C@@H]2CCCCNC2=O)S(=O)(=O)c2ccc(Cl)cc2)cc1. The Labute approximate surface area is 200 Å². The van der Waals surface area contributed by atoms with Crippen molar-refractivity contribution in [2.24, 2.45) is 0 Å². The maximum atomic E-state index is 13.6. The molecular formula is C24H29ClN2O5S. The van der Waals surface area contributed by atoms with Crippen LogP contribution in [-0.2, 0) is 37.3 Å². The Balaban J connectivity index is 1.83. The summed E-state index contributed by atoms with van der Waals surface area (Å²) >= 11 is 5.94. The first-order valence-electron chi connectivity index (χ1n) is 11.0. The highest BCUT2D eigenvalue weighted by Crippen LogP contribution is 2.26.